The Morgan fingerprint density at radius 2 is 1.90 bits per heavy atom. The van der Waals surface area contributed by atoms with E-state index >= 15 is 0 Å². The van der Waals surface area contributed by atoms with Gasteiger partial charge in [-0.05, 0) is 74.0 Å². The molecule has 180 valence electrons. The van der Waals surface area contributed by atoms with E-state index in [1.54, 1.807) is 5.70 Å². The van der Waals surface area contributed by atoms with Gasteiger partial charge >= 0.3 is 0 Å². The highest BCUT2D eigenvalue weighted by Crippen LogP contribution is 2.58. The van der Waals surface area contributed by atoms with Crippen LogP contribution in [0.5, 0.6) is 0 Å². The Balaban J connectivity index is 1.66. The smallest absolute Gasteiger partial charge is 0.0646 e. The first-order chi connectivity index (χ1) is 14.8. The number of nitrogens with zero attached hydrogens (tertiary/aromatic N) is 1. The van der Waals surface area contributed by atoms with Gasteiger partial charge in [-0.2, -0.15) is 0 Å². The van der Waals surface area contributed by atoms with E-state index in [1.165, 1.54) is 57.9 Å². The second kappa shape index (κ2) is 11.1. The molecule has 2 aliphatic heterocycles. The lowest BCUT2D eigenvalue weighted by Crippen LogP contribution is -2.50. The van der Waals surface area contributed by atoms with Crippen molar-refractivity contribution in [3.8, 4) is 0 Å². The van der Waals surface area contributed by atoms with Crippen LogP contribution in [0.4, 0.5) is 0 Å². The lowest BCUT2D eigenvalue weighted by Gasteiger charge is -2.51. The molecule has 0 radical (unpaired) electrons. The van der Waals surface area contributed by atoms with E-state index < -0.39 is 0 Å². The highest BCUT2D eigenvalue weighted by Gasteiger charge is 2.51. The van der Waals surface area contributed by atoms with Crippen LogP contribution in [0.1, 0.15) is 113 Å². The van der Waals surface area contributed by atoms with Gasteiger partial charge < -0.3 is 9.64 Å². The fraction of sp³-hybridized carbons (Fsp3) is 0.931. The van der Waals surface area contributed by atoms with E-state index in [1.807, 2.05) is 0 Å². The molecule has 0 spiro atoms. The molecule has 2 heterocycles. The summed E-state index contributed by atoms with van der Waals surface area (Å²) in [4.78, 5) is 2.77. The summed E-state index contributed by atoms with van der Waals surface area (Å²) in [6, 6.07) is 0.693. The minimum atomic E-state index is 0.453. The van der Waals surface area contributed by atoms with E-state index in [0.29, 0.717) is 17.6 Å². The van der Waals surface area contributed by atoms with E-state index in [0.717, 1.165) is 49.0 Å². The quantitative estimate of drug-likeness (QED) is 0.346. The van der Waals surface area contributed by atoms with Crippen LogP contribution in [-0.4, -0.2) is 30.2 Å². The first kappa shape index (κ1) is 25.1. The molecule has 0 aromatic heterocycles. The summed E-state index contributed by atoms with van der Waals surface area (Å²) in [5.74, 6) is 4.36. The monoisotopic (exact) mass is 431 g/mol. The van der Waals surface area contributed by atoms with Crippen LogP contribution in [-0.2, 0) is 4.74 Å². The van der Waals surface area contributed by atoms with Gasteiger partial charge in [-0.15, -0.1) is 0 Å². The number of ether oxygens (including phenoxy) is 1. The van der Waals surface area contributed by atoms with Crippen molar-refractivity contribution in [2.24, 2.45) is 35.0 Å². The second-order valence-electron chi connectivity index (χ2n) is 12.0. The minimum absolute atomic E-state index is 0.453. The third kappa shape index (κ3) is 5.53. The minimum Gasteiger partial charge on any atom is -0.378 e. The fourth-order valence-corrected chi connectivity index (χ4v) is 7.68. The molecule has 0 aromatic carbocycles. The molecular weight excluding hydrogens is 378 g/mol. The first-order valence-electron chi connectivity index (χ1n) is 13.9. The van der Waals surface area contributed by atoms with Crippen molar-refractivity contribution in [3.05, 3.63) is 11.8 Å². The highest BCUT2D eigenvalue weighted by molar-refractivity contribution is 5.15. The summed E-state index contributed by atoms with van der Waals surface area (Å²) in [7, 11) is 0. The number of fused-ring (bicyclic) bond motifs is 1. The third-order valence-corrected chi connectivity index (χ3v) is 9.68. The molecule has 0 aromatic rings. The zero-order chi connectivity index (χ0) is 22.6. The summed E-state index contributed by atoms with van der Waals surface area (Å²) >= 11 is 0. The van der Waals surface area contributed by atoms with Crippen molar-refractivity contribution >= 4 is 0 Å². The molecule has 0 bridgehead atoms. The van der Waals surface area contributed by atoms with Crippen LogP contribution in [0.15, 0.2) is 11.8 Å². The number of piperidine rings is 1. The van der Waals surface area contributed by atoms with Gasteiger partial charge in [0, 0.05) is 31.3 Å². The average Bonchev–Trinajstić information content (AvgIpc) is 3.09. The molecule has 1 saturated heterocycles. The molecule has 2 nitrogen and oxygen atoms in total. The normalized spacial score (nSPS) is 37.1. The molecule has 3 rings (SSSR count). The predicted molar refractivity (Wildman–Crippen MR) is 134 cm³/mol. The standard InChI is InChI=1S/C29H53NO/c1-8-19-31-25-17-18-30-23(6)26(14-13-24(30)20-25)28-16-15-27(29(28,7)9-2)22(5)12-10-11-21(3)4/h13,21-23,25-28H,8-12,14-20H2,1-7H3. The van der Waals surface area contributed by atoms with Crippen molar-refractivity contribution in [1.82, 2.24) is 4.90 Å². The molecule has 1 aliphatic carbocycles. The van der Waals surface area contributed by atoms with Gasteiger partial charge in [0.15, 0.2) is 0 Å². The Bertz CT molecular complexity index is 583. The van der Waals surface area contributed by atoms with Gasteiger partial charge in [-0.1, -0.05) is 73.3 Å². The van der Waals surface area contributed by atoms with Crippen LogP contribution in [0.2, 0.25) is 0 Å². The number of rotatable bonds is 10. The Morgan fingerprint density at radius 3 is 2.58 bits per heavy atom. The lowest BCUT2D eigenvalue weighted by molar-refractivity contribution is -0.00882. The summed E-state index contributed by atoms with van der Waals surface area (Å²) in [5, 5.41) is 0. The molecule has 31 heavy (non-hydrogen) atoms. The van der Waals surface area contributed by atoms with Crippen molar-refractivity contribution in [2.45, 2.75) is 125 Å². The molecular formula is C29H53NO. The van der Waals surface area contributed by atoms with E-state index in [2.05, 4.69) is 59.4 Å². The average molecular weight is 432 g/mol. The first-order valence-corrected chi connectivity index (χ1v) is 13.9. The van der Waals surface area contributed by atoms with Gasteiger partial charge in [0.25, 0.3) is 0 Å². The maximum absolute atomic E-state index is 6.11. The molecule has 2 heteroatoms. The van der Waals surface area contributed by atoms with Crippen LogP contribution < -0.4 is 0 Å². The maximum atomic E-state index is 6.11. The van der Waals surface area contributed by atoms with Crippen molar-refractivity contribution < 1.29 is 4.74 Å². The van der Waals surface area contributed by atoms with Crippen LogP contribution in [0.25, 0.3) is 0 Å². The molecule has 0 amide bonds. The third-order valence-electron chi connectivity index (χ3n) is 9.68. The number of hydrogen-bond donors (Lipinski definition) is 0. The summed E-state index contributed by atoms with van der Waals surface area (Å²) in [5.41, 5.74) is 2.11. The van der Waals surface area contributed by atoms with Gasteiger partial charge in [0.1, 0.15) is 0 Å². The molecule has 2 fully saturated rings. The molecule has 7 atom stereocenters. The summed E-state index contributed by atoms with van der Waals surface area (Å²) in [6.45, 7) is 19.3. The Hall–Kier alpha value is -0.500. The number of allylic oxidation sites excluding steroid dienone is 1. The zero-order valence-electron chi connectivity index (χ0n) is 22.0. The van der Waals surface area contributed by atoms with E-state index in [-0.39, 0.29) is 0 Å². The van der Waals surface area contributed by atoms with Crippen LogP contribution in [0, 0.1) is 35.0 Å². The summed E-state index contributed by atoms with van der Waals surface area (Å²) in [6.07, 6.45) is 16.4. The zero-order valence-corrected chi connectivity index (χ0v) is 22.0. The van der Waals surface area contributed by atoms with Gasteiger partial charge in [-0.3, -0.25) is 0 Å². The van der Waals surface area contributed by atoms with E-state index in [9.17, 15) is 0 Å². The maximum Gasteiger partial charge on any atom is 0.0646 e. The van der Waals surface area contributed by atoms with Gasteiger partial charge in [0.2, 0.25) is 0 Å². The van der Waals surface area contributed by atoms with Crippen LogP contribution >= 0.6 is 0 Å². The lowest BCUT2D eigenvalue weighted by atomic mass is 9.61. The molecule has 3 aliphatic rings. The molecule has 0 N–H and O–H groups in total. The molecule has 1 saturated carbocycles. The fourth-order valence-electron chi connectivity index (χ4n) is 7.68. The SMILES string of the molecule is CCCOC1CCN2C(=CCC(C3CCC(C(C)CCCC(C)C)C3(C)CC)C2C)C1. The topological polar surface area (TPSA) is 12.5 Å². The summed E-state index contributed by atoms with van der Waals surface area (Å²) < 4.78 is 6.11. The molecule has 7 unspecified atom stereocenters. The van der Waals surface area contributed by atoms with Crippen LogP contribution in [0.3, 0.4) is 0 Å². The van der Waals surface area contributed by atoms with Gasteiger partial charge in [-0.25, -0.2) is 0 Å². The van der Waals surface area contributed by atoms with Crippen molar-refractivity contribution in [2.75, 3.05) is 13.2 Å². The second-order valence-corrected chi connectivity index (χ2v) is 12.0. The van der Waals surface area contributed by atoms with Crippen molar-refractivity contribution in [1.29, 1.82) is 0 Å². The highest BCUT2D eigenvalue weighted by atomic mass is 16.5. The Labute approximate surface area is 194 Å². The predicted octanol–water partition coefficient (Wildman–Crippen LogP) is 8.07. The number of hydrogen-bond acceptors (Lipinski definition) is 2. The van der Waals surface area contributed by atoms with Gasteiger partial charge in [0.05, 0.1) is 6.10 Å². The largest absolute Gasteiger partial charge is 0.378 e. The Morgan fingerprint density at radius 1 is 1.13 bits per heavy atom. The van der Waals surface area contributed by atoms with E-state index in [4.69, 9.17) is 4.74 Å². The Kier molecular flexibility index (Phi) is 8.98. The van der Waals surface area contributed by atoms with Crippen molar-refractivity contribution in [3.63, 3.8) is 0 Å².